The maximum Gasteiger partial charge on any atom is 0.328 e. The van der Waals surface area contributed by atoms with E-state index in [0.717, 1.165) is 23.4 Å². The Bertz CT molecular complexity index is 714. The zero-order valence-electron chi connectivity index (χ0n) is 13.6. The highest BCUT2D eigenvalue weighted by Gasteiger charge is 2.34. The molecule has 0 saturated carbocycles. The van der Waals surface area contributed by atoms with Gasteiger partial charge in [-0.1, -0.05) is 30.3 Å². The second-order valence-corrected chi connectivity index (χ2v) is 6.93. The summed E-state index contributed by atoms with van der Waals surface area (Å²) >= 11 is 1.40. The van der Waals surface area contributed by atoms with Crippen LogP contribution in [0.3, 0.4) is 0 Å². The van der Waals surface area contributed by atoms with Gasteiger partial charge in [0, 0.05) is 13.0 Å². The number of piperidine rings is 1. The first kappa shape index (κ1) is 16.6. The van der Waals surface area contributed by atoms with Crippen LogP contribution in [0.4, 0.5) is 0 Å². The minimum Gasteiger partial charge on any atom is -0.467 e. The fourth-order valence-electron chi connectivity index (χ4n) is 2.96. The van der Waals surface area contributed by atoms with Gasteiger partial charge in [0.25, 0.3) is 5.91 Å². The Morgan fingerprint density at radius 2 is 2.08 bits per heavy atom. The smallest absolute Gasteiger partial charge is 0.328 e. The molecule has 24 heavy (non-hydrogen) atoms. The number of aromatic nitrogens is 1. The van der Waals surface area contributed by atoms with Gasteiger partial charge in [0.2, 0.25) is 0 Å². The third kappa shape index (κ3) is 3.64. The second-order valence-electron chi connectivity index (χ2n) is 5.81. The van der Waals surface area contributed by atoms with E-state index in [1.165, 1.54) is 18.4 Å². The number of amides is 1. The molecule has 1 aliphatic rings. The van der Waals surface area contributed by atoms with Gasteiger partial charge < -0.3 is 9.64 Å². The fourth-order valence-corrected chi connectivity index (χ4v) is 3.87. The highest BCUT2D eigenvalue weighted by atomic mass is 32.1. The van der Waals surface area contributed by atoms with Gasteiger partial charge in [0.15, 0.2) is 0 Å². The van der Waals surface area contributed by atoms with E-state index in [1.54, 1.807) is 11.1 Å². The number of methoxy groups -OCH3 is 1. The molecule has 1 saturated heterocycles. The molecule has 0 spiro atoms. The largest absolute Gasteiger partial charge is 0.467 e. The molecule has 2 heterocycles. The number of carbonyl (C=O) groups excluding carboxylic acids is 2. The van der Waals surface area contributed by atoms with Gasteiger partial charge in [-0.25, -0.2) is 9.78 Å². The molecule has 0 unspecified atom stereocenters. The van der Waals surface area contributed by atoms with Gasteiger partial charge in [-0.3, -0.25) is 4.79 Å². The highest BCUT2D eigenvalue weighted by Crippen LogP contribution is 2.24. The molecule has 1 fully saturated rings. The van der Waals surface area contributed by atoms with Crippen LogP contribution >= 0.6 is 11.3 Å². The number of carbonyl (C=O) groups is 2. The summed E-state index contributed by atoms with van der Waals surface area (Å²) in [6.45, 7) is 0.588. The number of ether oxygens (including phenoxy) is 1. The van der Waals surface area contributed by atoms with Crippen molar-refractivity contribution in [1.82, 2.24) is 9.88 Å². The van der Waals surface area contributed by atoms with Gasteiger partial charge in [-0.15, -0.1) is 11.3 Å². The van der Waals surface area contributed by atoms with Gasteiger partial charge in [0.1, 0.15) is 10.9 Å². The summed E-state index contributed by atoms with van der Waals surface area (Å²) in [6.07, 6.45) is 4.84. The van der Waals surface area contributed by atoms with Crippen molar-refractivity contribution >= 4 is 23.2 Å². The van der Waals surface area contributed by atoms with Crippen LogP contribution in [-0.2, 0) is 16.0 Å². The summed E-state index contributed by atoms with van der Waals surface area (Å²) in [4.78, 5) is 31.3. The first-order chi connectivity index (χ1) is 11.7. The zero-order chi connectivity index (χ0) is 16.9. The van der Waals surface area contributed by atoms with Crippen molar-refractivity contribution < 1.29 is 14.3 Å². The van der Waals surface area contributed by atoms with Crippen molar-refractivity contribution in [1.29, 1.82) is 0 Å². The van der Waals surface area contributed by atoms with Crippen molar-refractivity contribution in [3.63, 3.8) is 0 Å². The average molecular weight is 344 g/mol. The molecule has 1 atom stereocenters. The topological polar surface area (TPSA) is 59.5 Å². The summed E-state index contributed by atoms with van der Waals surface area (Å²) < 4.78 is 4.85. The Labute approximate surface area is 145 Å². The van der Waals surface area contributed by atoms with Crippen LogP contribution in [0.5, 0.6) is 0 Å². The number of likely N-dealkylation sites (tertiary alicyclic amines) is 1. The Balaban J connectivity index is 1.73. The van der Waals surface area contributed by atoms with Crippen LogP contribution in [0.1, 0.15) is 39.5 Å². The number of nitrogens with zero attached hydrogens (tertiary/aromatic N) is 2. The lowest BCUT2D eigenvalue weighted by Gasteiger charge is -2.33. The van der Waals surface area contributed by atoms with E-state index >= 15 is 0 Å². The first-order valence-electron chi connectivity index (χ1n) is 8.06. The van der Waals surface area contributed by atoms with Gasteiger partial charge in [-0.05, 0) is 24.8 Å². The SMILES string of the molecule is COC(=O)[C@@H]1CCCCN1C(=O)c1cnc(Cc2ccccc2)s1. The van der Waals surface area contributed by atoms with Crippen LogP contribution in [-0.4, -0.2) is 41.5 Å². The molecule has 0 radical (unpaired) electrons. The van der Waals surface area contributed by atoms with E-state index in [2.05, 4.69) is 4.98 Å². The normalized spacial score (nSPS) is 17.5. The summed E-state index contributed by atoms with van der Waals surface area (Å²) in [5.74, 6) is -0.459. The predicted octanol–water partition coefficient (Wildman–Crippen LogP) is 2.90. The number of benzene rings is 1. The lowest BCUT2D eigenvalue weighted by molar-refractivity contribution is -0.147. The molecule has 3 rings (SSSR count). The van der Waals surface area contributed by atoms with Crippen molar-refractivity contribution in [2.75, 3.05) is 13.7 Å². The van der Waals surface area contributed by atoms with Gasteiger partial charge in [-0.2, -0.15) is 0 Å². The lowest BCUT2D eigenvalue weighted by atomic mass is 10.0. The van der Waals surface area contributed by atoms with E-state index in [9.17, 15) is 9.59 Å². The quantitative estimate of drug-likeness (QED) is 0.800. The number of rotatable bonds is 4. The van der Waals surface area contributed by atoms with E-state index in [1.807, 2.05) is 30.3 Å². The molecule has 6 heteroatoms. The molecule has 0 aliphatic carbocycles. The molecular weight excluding hydrogens is 324 g/mol. The monoisotopic (exact) mass is 344 g/mol. The number of hydrogen-bond acceptors (Lipinski definition) is 5. The molecule has 1 aromatic carbocycles. The first-order valence-corrected chi connectivity index (χ1v) is 8.88. The predicted molar refractivity (Wildman–Crippen MR) is 92.1 cm³/mol. The third-order valence-corrected chi connectivity index (χ3v) is 5.18. The average Bonchev–Trinajstić information content (AvgIpc) is 3.09. The molecule has 126 valence electrons. The van der Waals surface area contributed by atoms with Crippen molar-refractivity contribution in [3.05, 3.63) is 52.0 Å². The highest BCUT2D eigenvalue weighted by molar-refractivity contribution is 7.13. The molecule has 2 aromatic rings. The van der Waals surface area contributed by atoms with Crippen molar-refractivity contribution in [2.45, 2.75) is 31.7 Å². The number of thiazole rings is 1. The molecular formula is C18H20N2O3S. The number of hydrogen-bond donors (Lipinski definition) is 0. The van der Waals surface area contributed by atoms with E-state index in [0.29, 0.717) is 24.3 Å². The fraction of sp³-hybridized carbons (Fsp3) is 0.389. The van der Waals surface area contributed by atoms with Crippen molar-refractivity contribution in [2.24, 2.45) is 0 Å². The van der Waals surface area contributed by atoms with Crippen molar-refractivity contribution in [3.8, 4) is 0 Å². The Morgan fingerprint density at radius 3 is 2.83 bits per heavy atom. The summed E-state index contributed by atoms with van der Waals surface area (Å²) in [7, 11) is 1.37. The molecule has 0 N–H and O–H groups in total. The molecule has 0 bridgehead atoms. The van der Waals surface area contributed by atoms with E-state index in [4.69, 9.17) is 4.74 Å². The van der Waals surface area contributed by atoms with E-state index in [-0.39, 0.29) is 11.9 Å². The maximum absolute atomic E-state index is 12.8. The molecule has 1 aliphatic heterocycles. The lowest BCUT2D eigenvalue weighted by Crippen LogP contribution is -2.48. The summed E-state index contributed by atoms with van der Waals surface area (Å²) in [5.41, 5.74) is 1.16. The summed E-state index contributed by atoms with van der Waals surface area (Å²) in [5, 5.41) is 0.899. The van der Waals surface area contributed by atoms with Crippen LogP contribution < -0.4 is 0 Å². The Kier molecular flexibility index (Phi) is 5.25. The van der Waals surface area contributed by atoms with Crippen LogP contribution in [0.25, 0.3) is 0 Å². The van der Waals surface area contributed by atoms with Crippen LogP contribution in [0, 0.1) is 0 Å². The van der Waals surface area contributed by atoms with Gasteiger partial charge in [0.05, 0.1) is 18.3 Å². The third-order valence-electron chi connectivity index (χ3n) is 4.20. The second kappa shape index (κ2) is 7.57. The minimum atomic E-state index is -0.476. The van der Waals surface area contributed by atoms with Crippen LogP contribution in [0.2, 0.25) is 0 Å². The Hall–Kier alpha value is -2.21. The Morgan fingerprint density at radius 1 is 1.29 bits per heavy atom. The summed E-state index contributed by atoms with van der Waals surface area (Å²) in [6, 6.07) is 9.56. The van der Waals surface area contributed by atoms with Gasteiger partial charge >= 0.3 is 5.97 Å². The molecule has 1 amide bonds. The zero-order valence-corrected chi connectivity index (χ0v) is 14.4. The minimum absolute atomic E-state index is 0.123. The molecule has 5 nitrogen and oxygen atoms in total. The standard InChI is InChI=1S/C18H20N2O3S/c1-23-18(22)14-9-5-6-10-20(14)17(21)15-12-19-16(24-15)11-13-7-3-2-4-8-13/h2-4,7-8,12,14H,5-6,9-11H2,1H3/t14-/m0/s1. The maximum atomic E-state index is 12.8. The van der Waals surface area contributed by atoms with Crippen LogP contribution in [0.15, 0.2) is 36.5 Å². The number of esters is 1. The van der Waals surface area contributed by atoms with E-state index < -0.39 is 6.04 Å². The molecule has 1 aromatic heterocycles.